The molecule has 1 nitrogen and oxygen atoms in total. The van der Waals surface area contributed by atoms with Gasteiger partial charge >= 0.3 is 0 Å². The van der Waals surface area contributed by atoms with Gasteiger partial charge in [-0.1, -0.05) is 33.8 Å². The van der Waals surface area contributed by atoms with Gasteiger partial charge in [-0.25, -0.2) is 4.39 Å². The van der Waals surface area contributed by atoms with E-state index in [1.165, 1.54) is 17.8 Å². The third kappa shape index (κ3) is 3.59. The Morgan fingerprint density at radius 1 is 1.26 bits per heavy atom. The molecular formula is C15H14BrFOS. The summed E-state index contributed by atoms with van der Waals surface area (Å²) in [5, 5.41) is 9.76. The van der Waals surface area contributed by atoms with Crippen LogP contribution in [0.25, 0.3) is 0 Å². The zero-order valence-corrected chi connectivity index (χ0v) is 13.1. The largest absolute Gasteiger partial charge is 0.389 e. The number of halogens is 2. The predicted octanol–water partition coefficient (Wildman–Crippen LogP) is 5.10. The van der Waals surface area contributed by atoms with E-state index >= 15 is 0 Å². The molecule has 19 heavy (non-hydrogen) atoms. The lowest BCUT2D eigenvalue weighted by Crippen LogP contribution is -1.97. The van der Waals surface area contributed by atoms with Gasteiger partial charge in [-0.3, -0.25) is 0 Å². The Morgan fingerprint density at radius 3 is 2.63 bits per heavy atom. The van der Waals surface area contributed by atoms with Crippen molar-refractivity contribution in [1.29, 1.82) is 0 Å². The molecule has 0 aromatic heterocycles. The van der Waals surface area contributed by atoms with Gasteiger partial charge in [-0.15, -0.1) is 0 Å². The average Bonchev–Trinajstić information content (AvgIpc) is 2.33. The summed E-state index contributed by atoms with van der Waals surface area (Å²) in [4.78, 5) is 1.93. The van der Waals surface area contributed by atoms with Crippen LogP contribution in [0.1, 0.15) is 24.2 Å². The molecule has 0 spiro atoms. The van der Waals surface area contributed by atoms with Gasteiger partial charge in [-0.05, 0) is 55.3 Å². The van der Waals surface area contributed by atoms with Crippen LogP contribution in [-0.4, -0.2) is 5.11 Å². The highest BCUT2D eigenvalue weighted by Gasteiger charge is 2.13. The number of aliphatic hydroxyl groups excluding tert-OH is 1. The molecule has 0 heterocycles. The van der Waals surface area contributed by atoms with Crippen molar-refractivity contribution in [3.63, 3.8) is 0 Å². The fourth-order valence-corrected chi connectivity index (χ4v) is 3.46. The molecule has 0 unspecified atom stereocenters. The van der Waals surface area contributed by atoms with Gasteiger partial charge < -0.3 is 5.11 Å². The molecule has 1 atom stereocenters. The van der Waals surface area contributed by atoms with Crippen molar-refractivity contribution in [3.8, 4) is 0 Å². The van der Waals surface area contributed by atoms with Crippen LogP contribution in [0.15, 0.2) is 50.7 Å². The Balaban J connectivity index is 2.41. The van der Waals surface area contributed by atoms with E-state index in [0.717, 1.165) is 14.3 Å². The number of hydrogen-bond donors (Lipinski definition) is 1. The highest BCUT2D eigenvalue weighted by atomic mass is 79.9. The van der Waals surface area contributed by atoms with E-state index < -0.39 is 6.10 Å². The number of benzene rings is 2. The first-order valence-electron chi connectivity index (χ1n) is 5.89. The highest BCUT2D eigenvalue weighted by Crippen LogP contribution is 2.35. The molecule has 0 aliphatic rings. The Bertz CT molecular complexity index is 599. The maximum absolute atomic E-state index is 13.6. The van der Waals surface area contributed by atoms with Crippen LogP contribution in [0.4, 0.5) is 4.39 Å². The highest BCUT2D eigenvalue weighted by molar-refractivity contribution is 9.10. The Morgan fingerprint density at radius 2 is 2.00 bits per heavy atom. The van der Waals surface area contributed by atoms with E-state index in [1.54, 1.807) is 19.9 Å². The van der Waals surface area contributed by atoms with Crippen LogP contribution in [-0.2, 0) is 0 Å². The van der Waals surface area contributed by atoms with E-state index in [-0.39, 0.29) is 5.82 Å². The molecule has 2 aromatic rings. The van der Waals surface area contributed by atoms with Gasteiger partial charge in [0.25, 0.3) is 0 Å². The Labute approximate surface area is 125 Å². The van der Waals surface area contributed by atoms with Crippen molar-refractivity contribution in [2.75, 3.05) is 0 Å². The molecule has 2 aromatic carbocycles. The van der Waals surface area contributed by atoms with Crippen molar-refractivity contribution in [2.24, 2.45) is 0 Å². The van der Waals surface area contributed by atoms with Gasteiger partial charge in [0.15, 0.2) is 0 Å². The fraction of sp³-hybridized carbons (Fsp3) is 0.200. The molecule has 0 aliphatic carbocycles. The summed E-state index contributed by atoms with van der Waals surface area (Å²) < 4.78 is 14.6. The maximum atomic E-state index is 13.6. The molecule has 0 fully saturated rings. The van der Waals surface area contributed by atoms with E-state index in [1.807, 2.05) is 24.3 Å². The van der Waals surface area contributed by atoms with Crippen molar-refractivity contribution < 1.29 is 9.50 Å². The van der Waals surface area contributed by atoms with Gasteiger partial charge in [0.1, 0.15) is 5.82 Å². The number of aryl methyl sites for hydroxylation is 1. The lowest BCUT2D eigenvalue weighted by atomic mass is 10.1. The minimum atomic E-state index is -0.690. The van der Waals surface area contributed by atoms with E-state index in [4.69, 9.17) is 0 Å². The molecule has 2 rings (SSSR count). The fourth-order valence-electron chi connectivity index (χ4n) is 1.74. The van der Waals surface area contributed by atoms with Crippen LogP contribution < -0.4 is 0 Å². The summed E-state index contributed by atoms with van der Waals surface area (Å²) in [5.74, 6) is -0.283. The van der Waals surface area contributed by atoms with Crippen LogP contribution in [0.2, 0.25) is 0 Å². The quantitative estimate of drug-likeness (QED) is 0.838. The zero-order valence-electron chi connectivity index (χ0n) is 10.7. The van der Waals surface area contributed by atoms with Gasteiger partial charge in [0.05, 0.1) is 6.10 Å². The standard InChI is InChI=1S/C15H14BrFOS/c1-9-6-15(13(10(2)18)8-14(9)17)19-12-5-3-4-11(16)7-12/h3-8,10,18H,1-2H3/t10-/m1/s1. The van der Waals surface area contributed by atoms with Crippen LogP contribution in [0.5, 0.6) is 0 Å². The smallest absolute Gasteiger partial charge is 0.126 e. The van der Waals surface area contributed by atoms with E-state index in [9.17, 15) is 9.50 Å². The molecule has 0 saturated carbocycles. The van der Waals surface area contributed by atoms with Crippen LogP contribution >= 0.6 is 27.7 Å². The Hall–Kier alpha value is -0.840. The normalized spacial score (nSPS) is 12.5. The minimum absolute atomic E-state index is 0.283. The molecule has 100 valence electrons. The lowest BCUT2D eigenvalue weighted by molar-refractivity contribution is 0.196. The Kier molecular flexibility index (Phi) is 4.66. The minimum Gasteiger partial charge on any atom is -0.389 e. The first kappa shape index (κ1) is 14.6. The molecule has 0 amide bonds. The van der Waals surface area contributed by atoms with Crippen LogP contribution in [0, 0.1) is 12.7 Å². The van der Waals surface area contributed by atoms with Gasteiger partial charge in [0, 0.05) is 14.3 Å². The maximum Gasteiger partial charge on any atom is 0.126 e. The number of rotatable bonds is 3. The summed E-state index contributed by atoms with van der Waals surface area (Å²) in [6.07, 6.45) is -0.690. The monoisotopic (exact) mass is 340 g/mol. The number of hydrogen-bond acceptors (Lipinski definition) is 2. The first-order valence-corrected chi connectivity index (χ1v) is 7.50. The molecular weight excluding hydrogens is 327 g/mol. The lowest BCUT2D eigenvalue weighted by Gasteiger charge is -2.13. The summed E-state index contributed by atoms with van der Waals surface area (Å²) >= 11 is 4.95. The molecule has 0 aliphatic heterocycles. The van der Waals surface area contributed by atoms with Gasteiger partial charge in [-0.2, -0.15) is 0 Å². The average molecular weight is 341 g/mol. The van der Waals surface area contributed by atoms with E-state index in [0.29, 0.717) is 11.1 Å². The topological polar surface area (TPSA) is 20.2 Å². The zero-order chi connectivity index (χ0) is 14.0. The second-order valence-electron chi connectivity index (χ2n) is 4.37. The molecule has 0 saturated heterocycles. The molecule has 1 N–H and O–H groups in total. The van der Waals surface area contributed by atoms with Crippen molar-refractivity contribution in [1.82, 2.24) is 0 Å². The third-order valence-electron chi connectivity index (χ3n) is 2.77. The molecule has 4 heteroatoms. The molecule has 0 radical (unpaired) electrons. The summed E-state index contributed by atoms with van der Waals surface area (Å²) in [6.45, 7) is 3.38. The second-order valence-corrected chi connectivity index (χ2v) is 6.41. The summed E-state index contributed by atoms with van der Waals surface area (Å²) in [5.41, 5.74) is 1.20. The molecule has 0 bridgehead atoms. The van der Waals surface area contributed by atoms with Crippen molar-refractivity contribution in [2.45, 2.75) is 29.7 Å². The van der Waals surface area contributed by atoms with Crippen molar-refractivity contribution >= 4 is 27.7 Å². The second kappa shape index (κ2) is 6.07. The van der Waals surface area contributed by atoms with Crippen LogP contribution in [0.3, 0.4) is 0 Å². The number of aliphatic hydroxyl groups is 1. The van der Waals surface area contributed by atoms with E-state index in [2.05, 4.69) is 15.9 Å². The third-order valence-corrected chi connectivity index (χ3v) is 4.32. The van der Waals surface area contributed by atoms with Gasteiger partial charge in [0.2, 0.25) is 0 Å². The predicted molar refractivity (Wildman–Crippen MR) is 80.0 cm³/mol. The SMILES string of the molecule is Cc1cc(Sc2cccc(Br)c2)c([C@@H](C)O)cc1F. The van der Waals surface area contributed by atoms with Crippen molar-refractivity contribution in [3.05, 3.63) is 57.8 Å². The summed E-state index contributed by atoms with van der Waals surface area (Å²) in [7, 11) is 0. The first-order chi connectivity index (χ1) is 8.97. The summed E-state index contributed by atoms with van der Waals surface area (Å²) in [6, 6.07) is 11.1.